The van der Waals surface area contributed by atoms with Crippen molar-refractivity contribution in [1.29, 1.82) is 0 Å². The molecular weight excluding hydrogens is 362 g/mol. The average Bonchev–Trinajstić information content (AvgIpc) is 2.99. The first-order valence-corrected chi connectivity index (χ1v) is 8.39. The van der Waals surface area contributed by atoms with E-state index in [2.05, 4.69) is 0 Å². The Morgan fingerprint density at radius 2 is 1.63 bits per heavy atom. The molecule has 0 radical (unpaired) electrons. The van der Waals surface area contributed by atoms with Crippen molar-refractivity contribution in [3.8, 4) is 0 Å². The number of nitro groups is 2. The van der Waals surface area contributed by atoms with E-state index in [1.165, 1.54) is 0 Å². The van der Waals surface area contributed by atoms with Gasteiger partial charge in [-0.25, -0.2) is 4.79 Å². The van der Waals surface area contributed by atoms with Gasteiger partial charge in [0.1, 0.15) is 5.72 Å². The number of nitrogens with zero attached hydrogens (tertiary/aromatic N) is 3. The van der Waals surface area contributed by atoms with Gasteiger partial charge in [0.2, 0.25) is 0 Å². The molecule has 0 bridgehead atoms. The highest BCUT2D eigenvalue weighted by molar-refractivity contribution is 5.98. The van der Waals surface area contributed by atoms with E-state index in [-0.39, 0.29) is 12.2 Å². The molecule has 144 valence electrons. The third-order valence-electron chi connectivity index (χ3n) is 4.97. The van der Waals surface area contributed by atoms with Crippen molar-refractivity contribution in [2.75, 3.05) is 6.61 Å². The number of carbonyl (C=O) groups excluding carboxylic acids is 1. The zero-order valence-electron chi connectivity index (χ0n) is 14.2. The van der Waals surface area contributed by atoms with Crippen LogP contribution in [0.2, 0.25) is 0 Å². The third kappa shape index (κ3) is 3.33. The Hall–Kier alpha value is -3.08. The number of non-ortho nitro benzene ring substituents is 2. The van der Waals surface area contributed by atoms with Gasteiger partial charge in [0, 0.05) is 12.1 Å². The number of carboxylic acids is 1. The van der Waals surface area contributed by atoms with Crippen LogP contribution in [0.1, 0.15) is 42.5 Å². The molecule has 1 aliphatic heterocycles. The maximum absolute atomic E-state index is 13.1. The van der Waals surface area contributed by atoms with Crippen LogP contribution in [0.3, 0.4) is 0 Å². The van der Waals surface area contributed by atoms with E-state index in [1.807, 2.05) is 0 Å². The second kappa shape index (κ2) is 6.91. The Labute approximate surface area is 152 Å². The van der Waals surface area contributed by atoms with Crippen molar-refractivity contribution in [1.82, 2.24) is 4.90 Å². The molecule has 1 heterocycles. The minimum Gasteiger partial charge on any atom is -0.480 e. The summed E-state index contributed by atoms with van der Waals surface area (Å²) in [7, 11) is 0. The van der Waals surface area contributed by atoms with Crippen LogP contribution in [0.15, 0.2) is 18.2 Å². The molecule has 1 spiro atoms. The van der Waals surface area contributed by atoms with Gasteiger partial charge in [-0.05, 0) is 25.7 Å². The van der Waals surface area contributed by atoms with E-state index in [0.29, 0.717) is 12.8 Å². The summed E-state index contributed by atoms with van der Waals surface area (Å²) in [5.41, 5.74) is -2.63. The lowest BCUT2D eigenvalue weighted by molar-refractivity contribution is -0.394. The summed E-state index contributed by atoms with van der Waals surface area (Å²) in [6, 6.07) is 1.34. The molecular formula is C16H17N3O8. The molecule has 1 amide bonds. The Balaban J connectivity index is 2.07. The molecule has 3 rings (SSSR count). The standard InChI is InChI=1S/C16H17N3O8/c20-14(10-6-11(18(23)24)8-12(7-10)19(25)26)17-13(15(21)22)9-27-16(17)4-2-1-3-5-16/h6-8,13H,1-5,9H2,(H,21,22)/t13-/m0/s1. The highest BCUT2D eigenvalue weighted by atomic mass is 16.6. The summed E-state index contributed by atoms with van der Waals surface area (Å²) in [6.07, 6.45) is 3.29. The summed E-state index contributed by atoms with van der Waals surface area (Å²) in [6.45, 7) is -0.196. The number of carboxylic acid groups (broad SMARTS) is 1. The molecule has 1 atom stereocenters. The molecule has 11 heteroatoms. The Bertz CT molecular complexity index is 786. The molecule has 11 nitrogen and oxygen atoms in total. The highest BCUT2D eigenvalue weighted by Gasteiger charge is 2.53. The fourth-order valence-electron chi connectivity index (χ4n) is 3.73. The van der Waals surface area contributed by atoms with Crippen LogP contribution >= 0.6 is 0 Å². The van der Waals surface area contributed by atoms with Gasteiger partial charge in [-0.3, -0.25) is 29.9 Å². The van der Waals surface area contributed by atoms with Crippen molar-refractivity contribution in [2.45, 2.75) is 43.9 Å². The number of rotatable bonds is 4. The monoisotopic (exact) mass is 379 g/mol. The van der Waals surface area contributed by atoms with Crippen LogP contribution in [0, 0.1) is 20.2 Å². The van der Waals surface area contributed by atoms with Gasteiger partial charge in [0.05, 0.1) is 28.1 Å². The van der Waals surface area contributed by atoms with Crippen molar-refractivity contribution in [3.05, 3.63) is 44.0 Å². The Morgan fingerprint density at radius 3 is 2.11 bits per heavy atom. The minimum atomic E-state index is -1.26. The van der Waals surface area contributed by atoms with E-state index < -0.39 is 44.9 Å². The van der Waals surface area contributed by atoms with Crippen LogP contribution in [0.4, 0.5) is 11.4 Å². The van der Waals surface area contributed by atoms with Crippen LogP contribution in [-0.4, -0.2) is 50.1 Å². The maximum atomic E-state index is 13.1. The number of hydrogen-bond donors (Lipinski definition) is 1. The first-order valence-electron chi connectivity index (χ1n) is 8.39. The van der Waals surface area contributed by atoms with Crippen molar-refractivity contribution in [2.24, 2.45) is 0 Å². The quantitative estimate of drug-likeness (QED) is 0.616. The third-order valence-corrected chi connectivity index (χ3v) is 4.97. The molecule has 2 aliphatic rings. The number of aliphatic carboxylic acids is 1. The van der Waals surface area contributed by atoms with Gasteiger partial charge in [-0.15, -0.1) is 0 Å². The fourth-order valence-corrected chi connectivity index (χ4v) is 3.73. The molecule has 2 fully saturated rings. The molecule has 1 saturated carbocycles. The van der Waals surface area contributed by atoms with Gasteiger partial charge in [-0.1, -0.05) is 6.42 Å². The van der Waals surface area contributed by atoms with Crippen molar-refractivity contribution >= 4 is 23.3 Å². The number of ether oxygens (including phenoxy) is 1. The Kier molecular flexibility index (Phi) is 4.79. The summed E-state index contributed by atoms with van der Waals surface area (Å²) in [5, 5.41) is 31.6. The zero-order chi connectivity index (χ0) is 19.8. The summed E-state index contributed by atoms with van der Waals surface area (Å²) in [4.78, 5) is 46.3. The van der Waals surface area contributed by atoms with Crippen LogP contribution in [0.5, 0.6) is 0 Å². The molecule has 1 aliphatic carbocycles. The second-order valence-electron chi connectivity index (χ2n) is 6.60. The van der Waals surface area contributed by atoms with Crippen molar-refractivity contribution in [3.63, 3.8) is 0 Å². The topological polar surface area (TPSA) is 153 Å². The highest BCUT2D eigenvalue weighted by Crippen LogP contribution is 2.41. The van der Waals surface area contributed by atoms with E-state index >= 15 is 0 Å². The Morgan fingerprint density at radius 1 is 1.07 bits per heavy atom. The molecule has 0 aromatic heterocycles. The lowest BCUT2D eigenvalue weighted by atomic mass is 9.89. The number of carbonyl (C=O) groups is 2. The normalized spacial score (nSPS) is 21.2. The van der Waals surface area contributed by atoms with Gasteiger partial charge >= 0.3 is 5.97 Å². The predicted molar refractivity (Wildman–Crippen MR) is 89.1 cm³/mol. The smallest absolute Gasteiger partial charge is 0.328 e. The predicted octanol–water partition coefficient (Wildman–Crippen LogP) is 2.09. The molecule has 0 unspecified atom stereocenters. The second-order valence-corrected chi connectivity index (χ2v) is 6.60. The SMILES string of the molecule is O=C(O)[C@@H]1COC2(CCCCC2)N1C(=O)c1cc([N+](=O)[O-])cc([N+](=O)[O-])c1. The van der Waals surface area contributed by atoms with E-state index in [9.17, 15) is 34.9 Å². The average molecular weight is 379 g/mol. The number of nitro benzene ring substituents is 2. The largest absolute Gasteiger partial charge is 0.480 e. The van der Waals surface area contributed by atoms with Gasteiger partial charge in [-0.2, -0.15) is 0 Å². The van der Waals surface area contributed by atoms with E-state index in [4.69, 9.17) is 4.74 Å². The lowest BCUT2D eigenvalue weighted by Crippen LogP contribution is -2.54. The lowest BCUT2D eigenvalue weighted by Gasteiger charge is -2.41. The first kappa shape index (κ1) is 18.7. The van der Waals surface area contributed by atoms with Crippen molar-refractivity contribution < 1.29 is 29.3 Å². The number of amides is 1. The van der Waals surface area contributed by atoms with E-state index in [0.717, 1.165) is 42.4 Å². The van der Waals surface area contributed by atoms with Crippen LogP contribution in [0.25, 0.3) is 0 Å². The number of hydrogen-bond acceptors (Lipinski definition) is 7. The van der Waals surface area contributed by atoms with Crippen LogP contribution < -0.4 is 0 Å². The fraction of sp³-hybridized carbons (Fsp3) is 0.500. The number of benzene rings is 1. The molecule has 1 aromatic rings. The maximum Gasteiger partial charge on any atom is 0.328 e. The summed E-state index contributed by atoms with van der Waals surface area (Å²) >= 11 is 0. The van der Waals surface area contributed by atoms with Crippen LogP contribution in [-0.2, 0) is 9.53 Å². The minimum absolute atomic E-state index is 0.196. The molecule has 1 saturated heterocycles. The molecule has 1 N–H and O–H groups in total. The van der Waals surface area contributed by atoms with Gasteiger partial charge in [0.25, 0.3) is 17.3 Å². The molecule has 27 heavy (non-hydrogen) atoms. The summed E-state index contributed by atoms with van der Waals surface area (Å²) in [5.74, 6) is -2.08. The van der Waals surface area contributed by atoms with E-state index in [1.54, 1.807) is 0 Å². The first-order chi connectivity index (χ1) is 12.7. The van der Waals surface area contributed by atoms with Gasteiger partial charge in [0.15, 0.2) is 6.04 Å². The summed E-state index contributed by atoms with van der Waals surface area (Å²) < 4.78 is 5.72. The zero-order valence-corrected chi connectivity index (χ0v) is 14.2. The van der Waals surface area contributed by atoms with Gasteiger partial charge < -0.3 is 9.84 Å². The molecule has 1 aromatic carbocycles.